The summed E-state index contributed by atoms with van der Waals surface area (Å²) in [5.41, 5.74) is 6.08. The molecule has 40 heavy (non-hydrogen) atoms. The Morgan fingerprint density at radius 2 is 0.900 bits per heavy atom. The van der Waals surface area contributed by atoms with E-state index in [1.54, 1.807) is 0 Å². The standard InChI is InChI=1S/C38H34O2/c1-3-5-7-9-11-25-13-15-27-19-31-33-23-38-34(24-37(33)39-35(31)21-29(27)17-25)32-20-28-16-14-26(12-10-8-6-4-2)18-30(28)22-36(32)40-38/h9-24H,3-8H2,1-2H3/b11-9+,12-10+. The molecule has 0 N–H and O–H groups in total. The van der Waals surface area contributed by atoms with Crippen LogP contribution in [0.5, 0.6) is 0 Å². The van der Waals surface area contributed by atoms with Crippen molar-refractivity contribution in [3.63, 3.8) is 0 Å². The predicted molar refractivity (Wildman–Crippen MR) is 173 cm³/mol. The lowest BCUT2D eigenvalue weighted by atomic mass is 10.0. The summed E-state index contributed by atoms with van der Waals surface area (Å²) in [6, 6.07) is 26.5. The van der Waals surface area contributed by atoms with E-state index < -0.39 is 0 Å². The Hall–Kier alpha value is -4.30. The van der Waals surface area contributed by atoms with E-state index in [0.29, 0.717) is 0 Å². The summed E-state index contributed by atoms with van der Waals surface area (Å²) >= 11 is 0. The van der Waals surface area contributed by atoms with Crippen LogP contribution in [0.25, 0.3) is 77.6 Å². The first-order valence-corrected chi connectivity index (χ1v) is 14.7. The number of furan rings is 2. The number of allylic oxidation sites excluding steroid dienone is 2. The van der Waals surface area contributed by atoms with Crippen molar-refractivity contribution in [1.29, 1.82) is 0 Å². The third-order valence-electron chi connectivity index (χ3n) is 8.10. The van der Waals surface area contributed by atoms with Crippen LogP contribution in [0.1, 0.15) is 63.5 Å². The average Bonchev–Trinajstić information content (AvgIpc) is 3.49. The number of benzene rings is 5. The molecule has 7 rings (SSSR count). The van der Waals surface area contributed by atoms with Crippen molar-refractivity contribution in [3.8, 4) is 0 Å². The molecule has 0 saturated carbocycles. The van der Waals surface area contributed by atoms with Crippen LogP contribution in [0, 0.1) is 0 Å². The molecule has 198 valence electrons. The van der Waals surface area contributed by atoms with E-state index in [1.807, 2.05) is 0 Å². The number of unbranched alkanes of at least 4 members (excludes halogenated alkanes) is 4. The van der Waals surface area contributed by atoms with Crippen LogP contribution in [-0.4, -0.2) is 0 Å². The minimum atomic E-state index is 0.896. The second-order valence-electron chi connectivity index (χ2n) is 11.0. The maximum absolute atomic E-state index is 6.43. The fraction of sp³-hybridized carbons (Fsp3) is 0.211. The minimum Gasteiger partial charge on any atom is -0.456 e. The van der Waals surface area contributed by atoms with Crippen molar-refractivity contribution >= 4 is 77.6 Å². The highest BCUT2D eigenvalue weighted by Crippen LogP contribution is 2.39. The van der Waals surface area contributed by atoms with Crippen LogP contribution in [0.15, 0.2) is 93.8 Å². The van der Waals surface area contributed by atoms with Crippen molar-refractivity contribution < 1.29 is 8.83 Å². The van der Waals surface area contributed by atoms with Gasteiger partial charge in [-0.3, -0.25) is 0 Å². The molecule has 0 radical (unpaired) electrons. The van der Waals surface area contributed by atoms with Crippen molar-refractivity contribution in [2.75, 3.05) is 0 Å². The molecule has 0 atom stereocenters. The Labute approximate surface area is 234 Å². The average molecular weight is 523 g/mol. The van der Waals surface area contributed by atoms with Crippen LogP contribution in [0.2, 0.25) is 0 Å². The molecule has 0 aliphatic carbocycles. The first-order chi connectivity index (χ1) is 19.7. The van der Waals surface area contributed by atoms with E-state index in [9.17, 15) is 0 Å². The molecule has 5 aromatic carbocycles. The van der Waals surface area contributed by atoms with Crippen LogP contribution in [0.4, 0.5) is 0 Å². The van der Waals surface area contributed by atoms with E-state index in [2.05, 4.69) is 111 Å². The van der Waals surface area contributed by atoms with Crippen molar-refractivity contribution in [3.05, 3.63) is 96.1 Å². The van der Waals surface area contributed by atoms with E-state index in [1.165, 1.54) is 58.4 Å². The molecule has 2 heterocycles. The summed E-state index contributed by atoms with van der Waals surface area (Å²) in [6.45, 7) is 4.46. The molecule has 7 aromatic rings. The Morgan fingerprint density at radius 3 is 1.35 bits per heavy atom. The fourth-order valence-corrected chi connectivity index (χ4v) is 5.86. The molecular formula is C38H34O2. The van der Waals surface area contributed by atoms with Gasteiger partial charge in [0.05, 0.1) is 0 Å². The van der Waals surface area contributed by atoms with Gasteiger partial charge >= 0.3 is 0 Å². The normalized spacial score (nSPS) is 12.7. The molecule has 0 amide bonds. The summed E-state index contributed by atoms with van der Waals surface area (Å²) < 4.78 is 12.9. The molecule has 0 fully saturated rings. The Morgan fingerprint density at radius 1 is 0.475 bits per heavy atom. The molecule has 2 aromatic heterocycles. The molecule has 0 saturated heterocycles. The van der Waals surface area contributed by atoms with Gasteiger partial charge in [0.15, 0.2) is 0 Å². The largest absolute Gasteiger partial charge is 0.456 e. The van der Waals surface area contributed by atoms with Gasteiger partial charge in [-0.05, 0) is 94.0 Å². The Bertz CT molecular complexity index is 1930. The lowest BCUT2D eigenvalue weighted by Gasteiger charge is -2.01. The fourth-order valence-electron chi connectivity index (χ4n) is 5.86. The number of rotatable bonds is 8. The first-order valence-electron chi connectivity index (χ1n) is 14.7. The second-order valence-corrected chi connectivity index (χ2v) is 11.0. The van der Waals surface area contributed by atoms with Gasteiger partial charge in [-0.2, -0.15) is 0 Å². The zero-order valence-corrected chi connectivity index (χ0v) is 23.3. The monoisotopic (exact) mass is 522 g/mol. The molecule has 0 aliphatic rings. The maximum Gasteiger partial charge on any atom is 0.136 e. The number of hydrogen-bond donors (Lipinski definition) is 0. The van der Waals surface area contributed by atoms with Gasteiger partial charge in [0.25, 0.3) is 0 Å². The van der Waals surface area contributed by atoms with E-state index >= 15 is 0 Å². The van der Waals surface area contributed by atoms with Crippen LogP contribution in [-0.2, 0) is 0 Å². The van der Waals surface area contributed by atoms with E-state index in [-0.39, 0.29) is 0 Å². The van der Waals surface area contributed by atoms with Crippen LogP contribution in [0.3, 0.4) is 0 Å². The second kappa shape index (κ2) is 10.4. The molecule has 2 heteroatoms. The Balaban J connectivity index is 1.30. The first kappa shape index (κ1) is 24.7. The lowest BCUT2D eigenvalue weighted by Crippen LogP contribution is -1.77. The molecule has 0 aliphatic heterocycles. The summed E-state index contributed by atoms with van der Waals surface area (Å²) in [7, 11) is 0. The lowest BCUT2D eigenvalue weighted by molar-refractivity contribution is 0.664. The topological polar surface area (TPSA) is 26.3 Å². The quantitative estimate of drug-likeness (QED) is 0.186. The SMILES string of the molecule is CCCC/C=C/c1ccc2cc3c(cc2c1)oc1cc2c(cc13)oc1cc3cc(/C=C/CCCC)ccc3cc12. The molecule has 2 nitrogen and oxygen atoms in total. The zero-order valence-electron chi connectivity index (χ0n) is 23.3. The highest BCUT2D eigenvalue weighted by atomic mass is 16.3. The number of hydrogen-bond acceptors (Lipinski definition) is 2. The van der Waals surface area contributed by atoms with E-state index in [0.717, 1.165) is 56.7 Å². The van der Waals surface area contributed by atoms with Crippen LogP contribution < -0.4 is 0 Å². The van der Waals surface area contributed by atoms with Gasteiger partial charge in [0.1, 0.15) is 22.3 Å². The van der Waals surface area contributed by atoms with Gasteiger partial charge in [-0.15, -0.1) is 0 Å². The highest BCUT2D eigenvalue weighted by molar-refractivity contribution is 6.18. The van der Waals surface area contributed by atoms with Gasteiger partial charge < -0.3 is 8.83 Å². The summed E-state index contributed by atoms with van der Waals surface area (Å²) in [5.74, 6) is 0. The summed E-state index contributed by atoms with van der Waals surface area (Å²) in [4.78, 5) is 0. The van der Waals surface area contributed by atoms with E-state index in [4.69, 9.17) is 8.83 Å². The van der Waals surface area contributed by atoms with Crippen molar-refractivity contribution in [2.24, 2.45) is 0 Å². The van der Waals surface area contributed by atoms with Gasteiger partial charge in [-0.25, -0.2) is 0 Å². The smallest absolute Gasteiger partial charge is 0.136 e. The van der Waals surface area contributed by atoms with Gasteiger partial charge in [0, 0.05) is 21.5 Å². The summed E-state index contributed by atoms with van der Waals surface area (Å²) in [6.07, 6.45) is 16.2. The third-order valence-corrected chi connectivity index (χ3v) is 8.10. The molecule has 0 unspecified atom stereocenters. The predicted octanol–water partition coefficient (Wildman–Crippen LogP) is 12.2. The summed E-state index contributed by atoms with van der Waals surface area (Å²) in [5, 5.41) is 9.27. The molecular weight excluding hydrogens is 488 g/mol. The van der Waals surface area contributed by atoms with Gasteiger partial charge in [-0.1, -0.05) is 88.1 Å². The Kier molecular flexibility index (Phi) is 6.40. The van der Waals surface area contributed by atoms with Crippen LogP contribution >= 0.6 is 0 Å². The molecule has 0 spiro atoms. The van der Waals surface area contributed by atoms with Gasteiger partial charge in [0.2, 0.25) is 0 Å². The van der Waals surface area contributed by atoms with Crippen molar-refractivity contribution in [2.45, 2.75) is 52.4 Å². The zero-order chi connectivity index (χ0) is 27.1. The molecule has 0 bridgehead atoms. The maximum atomic E-state index is 6.43. The number of fused-ring (bicyclic) bond motifs is 8. The minimum absolute atomic E-state index is 0.896. The van der Waals surface area contributed by atoms with Crippen molar-refractivity contribution in [1.82, 2.24) is 0 Å². The third kappa shape index (κ3) is 4.48. The highest BCUT2D eigenvalue weighted by Gasteiger charge is 2.15.